The third kappa shape index (κ3) is 1.25. The largest absolute Gasteiger partial charge is 0.393 e. The number of hydrogen-bond acceptors (Lipinski definition) is 1. The number of aliphatic hydroxyl groups excluding tert-OH is 1. The van der Waals surface area contributed by atoms with Crippen LogP contribution in [0.25, 0.3) is 0 Å². The maximum absolute atomic E-state index is 10.3. The van der Waals surface area contributed by atoms with Gasteiger partial charge in [-0.15, -0.1) is 0 Å². The van der Waals surface area contributed by atoms with Gasteiger partial charge in [-0.2, -0.15) is 0 Å². The summed E-state index contributed by atoms with van der Waals surface area (Å²) in [5, 5.41) is 10.3. The van der Waals surface area contributed by atoms with Gasteiger partial charge >= 0.3 is 0 Å². The molecule has 1 heteroatoms. The molecule has 0 aromatic carbocycles. The Kier molecular flexibility index (Phi) is 2.31. The van der Waals surface area contributed by atoms with Crippen LogP contribution in [0.2, 0.25) is 0 Å². The average Bonchev–Trinajstić information content (AvgIpc) is 2.55. The fourth-order valence-corrected chi connectivity index (χ4v) is 4.61. The van der Waals surface area contributed by atoms with Crippen molar-refractivity contribution in [1.29, 1.82) is 0 Å². The molecular formula is C13H22O. The van der Waals surface area contributed by atoms with Crippen LogP contribution in [0.5, 0.6) is 0 Å². The fraction of sp³-hybridized carbons (Fsp3) is 1.00. The van der Waals surface area contributed by atoms with Crippen LogP contribution in [0.15, 0.2) is 0 Å². The summed E-state index contributed by atoms with van der Waals surface area (Å²) in [6.45, 7) is 0. The van der Waals surface area contributed by atoms with Crippen molar-refractivity contribution in [2.45, 2.75) is 57.5 Å². The summed E-state index contributed by atoms with van der Waals surface area (Å²) in [5.41, 5.74) is 0. The highest BCUT2D eigenvalue weighted by atomic mass is 16.3. The molecule has 0 amide bonds. The van der Waals surface area contributed by atoms with Gasteiger partial charge in [-0.3, -0.25) is 0 Å². The number of rotatable bonds is 0. The first-order valence-corrected chi connectivity index (χ1v) is 6.56. The van der Waals surface area contributed by atoms with E-state index in [0.29, 0.717) is 11.8 Å². The zero-order valence-corrected chi connectivity index (χ0v) is 8.99. The van der Waals surface area contributed by atoms with E-state index >= 15 is 0 Å². The molecule has 0 heterocycles. The Morgan fingerprint density at radius 2 is 0.929 bits per heavy atom. The molecule has 14 heavy (non-hydrogen) atoms. The zero-order chi connectivity index (χ0) is 9.54. The second-order valence-corrected chi connectivity index (χ2v) is 5.71. The molecule has 3 aliphatic carbocycles. The van der Waals surface area contributed by atoms with Crippen LogP contribution in [0.3, 0.4) is 0 Å². The smallest absolute Gasteiger partial charge is 0.0602 e. The van der Waals surface area contributed by atoms with Crippen molar-refractivity contribution in [3.63, 3.8) is 0 Å². The summed E-state index contributed by atoms with van der Waals surface area (Å²) in [6.07, 6.45) is 11.2. The first-order valence-electron chi connectivity index (χ1n) is 6.56. The highest BCUT2D eigenvalue weighted by Gasteiger charge is 2.50. The lowest BCUT2D eigenvalue weighted by Crippen LogP contribution is -2.25. The molecule has 0 spiro atoms. The van der Waals surface area contributed by atoms with Crippen molar-refractivity contribution >= 4 is 0 Å². The highest BCUT2D eigenvalue weighted by Crippen LogP contribution is 2.54. The Labute approximate surface area is 86.9 Å². The van der Waals surface area contributed by atoms with E-state index in [9.17, 15) is 5.11 Å². The molecule has 3 rings (SSSR count). The average molecular weight is 194 g/mol. The zero-order valence-electron chi connectivity index (χ0n) is 8.99. The molecular weight excluding hydrogens is 172 g/mol. The van der Waals surface area contributed by atoms with Gasteiger partial charge in [0.2, 0.25) is 0 Å². The van der Waals surface area contributed by atoms with E-state index in [1.54, 1.807) is 0 Å². The van der Waals surface area contributed by atoms with Gasteiger partial charge in [-0.25, -0.2) is 0 Å². The Hall–Kier alpha value is -0.0400. The lowest BCUT2D eigenvalue weighted by atomic mass is 9.73. The predicted molar refractivity (Wildman–Crippen MR) is 56.9 cm³/mol. The lowest BCUT2D eigenvalue weighted by Gasteiger charge is -2.31. The van der Waals surface area contributed by atoms with Gasteiger partial charge in [-0.1, -0.05) is 25.7 Å². The van der Waals surface area contributed by atoms with E-state index in [-0.39, 0.29) is 6.10 Å². The minimum Gasteiger partial charge on any atom is -0.393 e. The summed E-state index contributed by atoms with van der Waals surface area (Å²) in [5.74, 6) is 3.20. The van der Waals surface area contributed by atoms with Crippen molar-refractivity contribution < 1.29 is 5.11 Å². The van der Waals surface area contributed by atoms with E-state index in [0.717, 1.165) is 11.8 Å². The van der Waals surface area contributed by atoms with Gasteiger partial charge in [0.15, 0.2) is 0 Å². The molecule has 3 aliphatic rings. The third-order valence-electron chi connectivity index (χ3n) is 5.18. The van der Waals surface area contributed by atoms with Gasteiger partial charge in [0.25, 0.3) is 0 Å². The van der Waals surface area contributed by atoms with Crippen LogP contribution in [-0.2, 0) is 0 Å². The molecule has 4 atom stereocenters. The molecule has 3 fully saturated rings. The summed E-state index contributed by atoms with van der Waals surface area (Å²) < 4.78 is 0. The van der Waals surface area contributed by atoms with Crippen LogP contribution < -0.4 is 0 Å². The Morgan fingerprint density at radius 3 is 1.36 bits per heavy atom. The predicted octanol–water partition coefficient (Wildman–Crippen LogP) is 2.97. The van der Waals surface area contributed by atoms with E-state index < -0.39 is 0 Å². The van der Waals surface area contributed by atoms with Gasteiger partial charge in [0, 0.05) is 0 Å². The standard InChI is InChI=1S/C13H22O/c14-13-11-7-3-1-5-9(11)10-6-2-4-8-12(10)13/h9-14H,1-8H2. The molecule has 1 N–H and O–H groups in total. The summed E-state index contributed by atoms with van der Waals surface area (Å²) >= 11 is 0. The van der Waals surface area contributed by atoms with E-state index in [1.165, 1.54) is 51.4 Å². The normalized spacial score (nSPS) is 52.5. The van der Waals surface area contributed by atoms with Crippen LogP contribution in [0, 0.1) is 23.7 Å². The van der Waals surface area contributed by atoms with Crippen LogP contribution in [-0.4, -0.2) is 11.2 Å². The molecule has 4 unspecified atom stereocenters. The molecule has 0 saturated heterocycles. The topological polar surface area (TPSA) is 20.2 Å². The quantitative estimate of drug-likeness (QED) is 0.628. The second-order valence-electron chi connectivity index (χ2n) is 5.71. The molecule has 1 nitrogen and oxygen atoms in total. The lowest BCUT2D eigenvalue weighted by molar-refractivity contribution is 0.0605. The van der Waals surface area contributed by atoms with Crippen molar-refractivity contribution in [2.75, 3.05) is 0 Å². The Bertz CT molecular complexity index is 191. The first-order chi connectivity index (χ1) is 6.88. The number of fused-ring (bicyclic) bond motifs is 3. The maximum atomic E-state index is 10.3. The summed E-state index contributed by atoms with van der Waals surface area (Å²) in [6, 6.07) is 0. The van der Waals surface area contributed by atoms with E-state index in [4.69, 9.17) is 0 Å². The van der Waals surface area contributed by atoms with E-state index in [2.05, 4.69) is 0 Å². The molecule has 0 aliphatic heterocycles. The molecule has 3 saturated carbocycles. The van der Waals surface area contributed by atoms with E-state index in [1.807, 2.05) is 0 Å². The van der Waals surface area contributed by atoms with Gasteiger partial charge < -0.3 is 5.11 Å². The fourth-order valence-electron chi connectivity index (χ4n) is 4.61. The first kappa shape index (κ1) is 9.21. The van der Waals surface area contributed by atoms with Crippen LogP contribution >= 0.6 is 0 Å². The third-order valence-corrected chi connectivity index (χ3v) is 5.18. The highest BCUT2D eigenvalue weighted by molar-refractivity contribution is 4.99. The van der Waals surface area contributed by atoms with Gasteiger partial charge in [-0.05, 0) is 49.4 Å². The minimum absolute atomic E-state index is 0.0746. The Morgan fingerprint density at radius 1 is 0.571 bits per heavy atom. The molecule has 0 aromatic heterocycles. The summed E-state index contributed by atoms with van der Waals surface area (Å²) in [4.78, 5) is 0. The number of aliphatic hydroxyl groups is 1. The van der Waals surface area contributed by atoms with Crippen LogP contribution in [0.4, 0.5) is 0 Å². The van der Waals surface area contributed by atoms with Crippen LogP contribution in [0.1, 0.15) is 51.4 Å². The van der Waals surface area contributed by atoms with Gasteiger partial charge in [0.05, 0.1) is 6.10 Å². The van der Waals surface area contributed by atoms with Crippen molar-refractivity contribution in [3.8, 4) is 0 Å². The molecule has 80 valence electrons. The molecule has 0 bridgehead atoms. The minimum atomic E-state index is 0.0746. The molecule has 0 radical (unpaired) electrons. The number of hydrogen-bond donors (Lipinski definition) is 1. The van der Waals surface area contributed by atoms with Crippen molar-refractivity contribution in [1.82, 2.24) is 0 Å². The van der Waals surface area contributed by atoms with Crippen molar-refractivity contribution in [2.24, 2.45) is 23.7 Å². The SMILES string of the molecule is OC1C2CCCCC2C2CCCCC12. The Balaban J connectivity index is 1.83. The van der Waals surface area contributed by atoms with Gasteiger partial charge in [0.1, 0.15) is 0 Å². The summed E-state index contributed by atoms with van der Waals surface area (Å²) in [7, 11) is 0. The van der Waals surface area contributed by atoms with Crippen molar-refractivity contribution in [3.05, 3.63) is 0 Å². The molecule has 0 aromatic rings. The monoisotopic (exact) mass is 194 g/mol. The second kappa shape index (κ2) is 3.52. The maximum Gasteiger partial charge on any atom is 0.0602 e.